The summed E-state index contributed by atoms with van der Waals surface area (Å²) >= 11 is 0. The number of carboxylic acid groups (broad SMARTS) is 1. The van der Waals surface area contributed by atoms with Gasteiger partial charge in [-0.2, -0.15) is 0 Å². The molecule has 0 saturated heterocycles. The minimum Gasteiger partial charge on any atom is -0.478 e. The Hall–Kier alpha value is -1.48. The molecule has 1 aromatic rings. The Labute approximate surface area is 104 Å². The Morgan fingerprint density at radius 3 is 2.39 bits per heavy atom. The number of rotatable bonds is 6. The summed E-state index contributed by atoms with van der Waals surface area (Å²) in [5.41, 5.74) is -0.164. The number of aromatic carboxylic acids is 1. The van der Waals surface area contributed by atoms with E-state index in [4.69, 9.17) is 15.3 Å². The molecule has 1 rings (SSSR count). The number of benzene rings is 1. The van der Waals surface area contributed by atoms with Crippen molar-refractivity contribution in [2.75, 3.05) is 13.2 Å². The number of carbonyl (C=O) groups is 1. The largest absolute Gasteiger partial charge is 0.478 e. The average Bonchev–Trinajstić information content (AvgIpc) is 2.36. The van der Waals surface area contributed by atoms with E-state index in [-0.39, 0.29) is 10.5 Å². The third-order valence-corrected chi connectivity index (χ3v) is 3.67. The van der Waals surface area contributed by atoms with Gasteiger partial charge in [-0.25, -0.2) is 17.9 Å². The first kappa shape index (κ1) is 14.6. The molecule has 0 heterocycles. The molecule has 0 unspecified atom stereocenters. The van der Waals surface area contributed by atoms with E-state index in [9.17, 15) is 13.2 Å². The fourth-order valence-electron chi connectivity index (χ4n) is 1.22. The van der Waals surface area contributed by atoms with Crippen LogP contribution in [0.3, 0.4) is 0 Å². The van der Waals surface area contributed by atoms with E-state index in [2.05, 4.69) is 4.72 Å². The molecule has 4 N–H and O–H groups in total. The highest BCUT2D eigenvalue weighted by Crippen LogP contribution is 2.12. The highest BCUT2D eigenvalue weighted by molar-refractivity contribution is 7.89. The molecule has 0 aliphatic heterocycles. The smallest absolute Gasteiger partial charge is 0.335 e. The summed E-state index contributed by atoms with van der Waals surface area (Å²) < 4.78 is 25.7. The van der Waals surface area contributed by atoms with E-state index in [0.29, 0.717) is 0 Å². The summed E-state index contributed by atoms with van der Waals surface area (Å²) in [7, 11) is -3.97. The van der Waals surface area contributed by atoms with Crippen LogP contribution in [0.4, 0.5) is 0 Å². The fraction of sp³-hybridized carbons (Fsp3) is 0.300. The van der Waals surface area contributed by atoms with Crippen LogP contribution in [0.2, 0.25) is 0 Å². The van der Waals surface area contributed by atoms with Crippen LogP contribution >= 0.6 is 0 Å². The number of aliphatic hydroxyl groups excluding tert-OH is 2. The maximum absolute atomic E-state index is 11.8. The molecular weight excluding hydrogens is 262 g/mol. The van der Waals surface area contributed by atoms with Gasteiger partial charge in [0.25, 0.3) is 0 Å². The molecule has 100 valence electrons. The first-order valence-corrected chi connectivity index (χ1v) is 6.46. The number of hydrogen-bond acceptors (Lipinski definition) is 5. The third-order valence-electron chi connectivity index (χ3n) is 2.15. The minimum absolute atomic E-state index is 0.164. The van der Waals surface area contributed by atoms with Crippen LogP contribution in [0.25, 0.3) is 0 Å². The zero-order valence-corrected chi connectivity index (χ0v) is 10.1. The Kier molecular flexibility index (Phi) is 4.79. The molecule has 1 aromatic carbocycles. The van der Waals surface area contributed by atoms with Gasteiger partial charge in [0.15, 0.2) is 0 Å². The maximum atomic E-state index is 11.8. The molecule has 0 saturated carbocycles. The summed E-state index contributed by atoms with van der Waals surface area (Å²) in [4.78, 5) is 10.5. The molecule has 0 spiro atoms. The van der Waals surface area contributed by atoms with Crippen molar-refractivity contribution < 1.29 is 28.5 Å². The molecule has 0 bridgehead atoms. The lowest BCUT2D eigenvalue weighted by Crippen LogP contribution is -2.40. The van der Waals surface area contributed by atoms with Gasteiger partial charge in [0.2, 0.25) is 10.0 Å². The van der Waals surface area contributed by atoms with Crippen LogP contribution in [0.5, 0.6) is 0 Å². The van der Waals surface area contributed by atoms with Crippen molar-refractivity contribution in [3.63, 3.8) is 0 Å². The normalized spacial score (nSPS) is 11.7. The van der Waals surface area contributed by atoms with Crippen molar-refractivity contribution in [1.29, 1.82) is 0 Å². The van der Waals surface area contributed by atoms with Crippen molar-refractivity contribution >= 4 is 16.0 Å². The third kappa shape index (κ3) is 3.50. The van der Waals surface area contributed by atoms with Crippen LogP contribution in [0, 0.1) is 0 Å². The first-order chi connectivity index (χ1) is 8.40. The molecule has 7 nitrogen and oxygen atoms in total. The van der Waals surface area contributed by atoms with E-state index >= 15 is 0 Å². The molecule has 0 aliphatic rings. The lowest BCUT2D eigenvalue weighted by atomic mass is 10.2. The van der Waals surface area contributed by atoms with Gasteiger partial charge >= 0.3 is 5.97 Å². The Bertz CT molecular complexity index is 523. The van der Waals surface area contributed by atoms with Crippen molar-refractivity contribution in [3.05, 3.63) is 29.8 Å². The molecule has 18 heavy (non-hydrogen) atoms. The van der Waals surface area contributed by atoms with Crippen molar-refractivity contribution in [2.24, 2.45) is 0 Å². The van der Waals surface area contributed by atoms with Crippen molar-refractivity contribution in [2.45, 2.75) is 10.9 Å². The lowest BCUT2D eigenvalue weighted by Gasteiger charge is -2.13. The Balaban J connectivity index is 3.05. The minimum atomic E-state index is -3.97. The zero-order chi connectivity index (χ0) is 13.8. The summed E-state index contributed by atoms with van der Waals surface area (Å²) in [5, 5.41) is 26.4. The van der Waals surface area contributed by atoms with E-state index in [1.54, 1.807) is 0 Å². The number of nitrogens with one attached hydrogen (secondary N) is 1. The van der Waals surface area contributed by atoms with E-state index < -0.39 is 35.2 Å². The van der Waals surface area contributed by atoms with Gasteiger partial charge in [0.1, 0.15) is 0 Å². The van der Waals surface area contributed by atoms with E-state index in [1.807, 2.05) is 0 Å². The molecule has 0 fully saturated rings. The SMILES string of the molecule is O=C(O)c1cccc(S(=O)(=O)NC(CO)CO)c1. The fourth-order valence-corrected chi connectivity index (χ4v) is 2.48. The predicted octanol–water partition coefficient (Wildman–Crippen LogP) is -0.984. The lowest BCUT2D eigenvalue weighted by molar-refractivity contribution is 0.0696. The van der Waals surface area contributed by atoms with Gasteiger partial charge in [-0.3, -0.25) is 0 Å². The molecule has 8 heteroatoms. The quantitative estimate of drug-likeness (QED) is 0.529. The molecule has 0 radical (unpaired) electrons. The number of carboxylic acids is 1. The highest BCUT2D eigenvalue weighted by Gasteiger charge is 2.20. The molecular formula is C10H13NO6S. The summed E-state index contributed by atoms with van der Waals surface area (Å²) in [6.07, 6.45) is 0. The van der Waals surface area contributed by atoms with Gasteiger partial charge in [-0.05, 0) is 18.2 Å². The Morgan fingerprint density at radius 1 is 1.28 bits per heavy atom. The van der Waals surface area contributed by atoms with Crippen LogP contribution < -0.4 is 4.72 Å². The topological polar surface area (TPSA) is 124 Å². The highest BCUT2D eigenvalue weighted by atomic mass is 32.2. The molecule has 0 aromatic heterocycles. The number of hydrogen-bond donors (Lipinski definition) is 4. The van der Waals surface area contributed by atoms with Crippen LogP contribution in [0.15, 0.2) is 29.2 Å². The second-order valence-corrected chi connectivity index (χ2v) is 5.23. The van der Waals surface area contributed by atoms with Crippen molar-refractivity contribution in [3.8, 4) is 0 Å². The molecule has 0 atom stereocenters. The van der Waals surface area contributed by atoms with Gasteiger partial charge in [0, 0.05) is 0 Å². The second-order valence-electron chi connectivity index (χ2n) is 3.52. The number of aliphatic hydroxyl groups is 2. The predicted molar refractivity (Wildman–Crippen MR) is 61.7 cm³/mol. The summed E-state index contributed by atoms with van der Waals surface area (Å²) in [6, 6.07) is 3.75. The Morgan fingerprint density at radius 2 is 1.89 bits per heavy atom. The second kappa shape index (κ2) is 5.91. The van der Waals surface area contributed by atoms with Crippen LogP contribution in [-0.4, -0.2) is 49.0 Å². The standard InChI is InChI=1S/C10H13NO6S/c12-5-8(6-13)11-18(16,17)9-3-1-2-7(4-9)10(14)15/h1-4,8,11-13H,5-6H2,(H,14,15). The monoisotopic (exact) mass is 275 g/mol. The van der Waals surface area contributed by atoms with E-state index in [1.165, 1.54) is 18.2 Å². The van der Waals surface area contributed by atoms with Gasteiger partial charge < -0.3 is 15.3 Å². The number of sulfonamides is 1. The van der Waals surface area contributed by atoms with Crippen molar-refractivity contribution in [1.82, 2.24) is 4.72 Å². The molecule has 0 amide bonds. The van der Waals surface area contributed by atoms with Crippen LogP contribution in [-0.2, 0) is 10.0 Å². The molecule has 0 aliphatic carbocycles. The van der Waals surface area contributed by atoms with E-state index in [0.717, 1.165) is 6.07 Å². The first-order valence-electron chi connectivity index (χ1n) is 4.98. The van der Waals surface area contributed by atoms with Crippen LogP contribution in [0.1, 0.15) is 10.4 Å². The van der Waals surface area contributed by atoms with Gasteiger partial charge in [-0.15, -0.1) is 0 Å². The summed E-state index contributed by atoms with van der Waals surface area (Å²) in [6.45, 7) is -1.12. The maximum Gasteiger partial charge on any atom is 0.335 e. The van der Waals surface area contributed by atoms with Gasteiger partial charge in [0.05, 0.1) is 29.7 Å². The van der Waals surface area contributed by atoms with Gasteiger partial charge in [-0.1, -0.05) is 6.07 Å². The average molecular weight is 275 g/mol. The zero-order valence-electron chi connectivity index (χ0n) is 9.28. The summed E-state index contributed by atoms with van der Waals surface area (Å²) in [5.74, 6) is -1.24.